The Hall–Kier alpha value is -0.833. The van der Waals surface area contributed by atoms with Gasteiger partial charge in [-0.25, -0.2) is 0 Å². The summed E-state index contributed by atoms with van der Waals surface area (Å²) in [4.78, 5) is 10.9. The third kappa shape index (κ3) is 1.85. The standard InChI is InChI=1S/C9H14O2Si/c1-7(10)8-5-6-9(11-8)12(2,3)4/h5-6H,1-4H3. The fraction of sp³-hybridized carbons (Fsp3) is 0.444. The summed E-state index contributed by atoms with van der Waals surface area (Å²) in [5.41, 5.74) is 0. The van der Waals surface area contributed by atoms with Crippen LogP contribution in [0.15, 0.2) is 16.5 Å². The van der Waals surface area contributed by atoms with Gasteiger partial charge >= 0.3 is 0 Å². The number of rotatable bonds is 2. The first-order chi connectivity index (χ1) is 5.41. The Morgan fingerprint density at radius 2 is 1.92 bits per heavy atom. The minimum atomic E-state index is -1.38. The van der Waals surface area contributed by atoms with E-state index in [2.05, 4.69) is 19.6 Å². The highest BCUT2D eigenvalue weighted by Gasteiger charge is 2.21. The third-order valence-electron chi connectivity index (χ3n) is 1.69. The molecule has 66 valence electrons. The third-order valence-corrected chi connectivity index (χ3v) is 3.44. The van der Waals surface area contributed by atoms with E-state index in [-0.39, 0.29) is 5.78 Å². The molecular weight excluding hydrogens is 168 g/mol. The molecule has 2 nitrogen and oxygen atoms in total. The maximum Gasteiger partial charge on any atom is 0.194 e. The van der Waals surface area contributed by atoms with Gasteiger partial charge < -0.3 is 4.42 Å². The van der Waals surface area contributed by atoms with Crippen LogP contribution in [0.1, 0.15) is 17.5 Å². The smallest absolute Gasteiger partial charge is 0.194 e. The van der Waals surface area contributed by atoms with Gasteiger partial charge in [-0.1, -0.05) is 19.6 Å². The lowest BCUT2D eigenvalue weighted by Crippen LogP contribution is -2.36. The molecule has 12 heavy (non-hydrogen) atoms. The van der Waals surface area contributed by atoms with Gasteiger partial charge in [0.05, 0.1) is 5.38 Å². The summed E-state index contributed by atoms with van der Waals surface area (Å²) in [7, 11) is -1.38. The van der Waals surface area contributed by atoms with Crippen molar-refractivity contribution in [2.24, 2.45) is 0 Å². The molecule has 0 N–H and O–H groups in total. The van der Waals surface area contributed by atoms with E-state index >= 15 is 0 Å². The lowest BCUT2D eigenvalue weighted by Gasteiger charge is -2.10. The van der Waals surface area contributed by atoms with Crippen LogP contribution < -0.4 is 5.38 Å². The van der Waals surface area contributed by atoms with Crippen LogP contribution in [0.25, 0.3) is 0 Å². The van der Waals surface area contributed by atoms with Crippen molar-refractivity contribution in [3.8, 4) is 0 Å². The number of hydrogen-bond acceptors (Lipinski definition) is 2. The number of carbonyl (C=O) groups is 1. The van der Waals surface area contributed by atoms with E-state index in [0.717, 1.165) is 5.38 Å². The van der Waals surface area contributed by atoms with Crippen molar-refractivity contribution in [3.63, 3.8) is 0 Å². The lowest BCUT2D eigenvalue weighted by atomic mass is 10.3. The molecule has 0 unspecified atom stereocenters. The van der Waals surface area contributed by atoms with Crippen LogP contribution in [-0.2, 0) is 0 Å². The summed E-state index contributed by atoms with van der Waals surface area (Å²) in [5.74, 6) is 0.479. The molecule has 0 atom stereocenters. The van der Waals surface area contributed by atoms with Gasteiger partial charge in [0.25, 0.3) is 0 Å². The summed E-state index contributed by atoms with van der Waals surface area (Å²) < 4.78 is 5.42. The molecule has 1 aromatic heterocycles. The first-order valence-electron chi connectivity index (χ1n) is 4.02. The van der Waals surface area contributed by atoms with E-state index < -0.39 is 8.07 Å². The summed E-state index contributed by atoms with van der Waals surface area (Å²) in [6.07, 6.45) is 0. The Morgan fingerprint density at radius 3 is 2.17 bits per heavy atom. The van der Waals surface area contributed by atoms with Crippen molar-refractivity contribution < 1.29 is 9.21 Å². The van der Waals surface area contributed by atoms with Crippen molar-refractivity contribution in [2.75, 3.05) is 0 Å². The first kappa shape index (κ1) is 9.26. The highest BCUT2D eigenvalue weighted by Crippen LogP contribution is 2.06. The summed E-state index contributed by atoms with van der Waals surface area (Å²) in [6.45, 7) is 8.09. The topological polar surface area (TPSA) is 30.2 Å². The molecule has 3 heteroatoms. The van der Waals surface area contributed by atoms with E-state index in [9.17, 15) is 4.79 Å². The lowest BCUT2D eigenvalue weighted by molar-refractivity contribution is 0.0988. The zero-order chi connectivity index (χ0) is 9.35. The minimum absolute atomic E-state index is 0.000463. The SMILES string of the molecule is CC(=O)c1ccc([Si](C)(C)C)o1. The minimum Gasteiger partial charge on any atom is -0.463 e. The molecule has 1 heterocycles. The average molecular weight is 182 g/mol. The zero-order valence-electron chi connectivity index (χ0n) is 7.97. The molecule has 0 aliphatic carbocycles. The van der Waals surface area contributed by atoms with Gasteiger partial charge in [-0.05, 0) is 12.1 Å². The van der Waals surface area contributed by atoms with Gasteiger partial charge in [-0.15, -0.1) is 0 Å². The average Bonchev–Trinajstić information content (AvgIpc) is 2.30. The van der Waals surface area contributed by atoms with E-state index in [1.54, 1.807) is 6.07 Å². The number of furan rings is 1. The van der Waals surface area contributed by atoms with Gasteiger partial charge in [-0.2, -0.15) is 0 Å². The van der Waals surface area contributed by atoms with Gasteiger partial charge in [-0.3, -0.25) is 4.79 Å². The molecular formula is C9H14O2Si. The molecule has 0 fully saturated rings. The summed E-state index contributed by atoms with van der Waals surface area (Å²) >= 11 is 0. The molecule has 0 radical (unpaired) electrons. The first-order valence-corrected chi connectivity index (χ1v) is 7.52. The van der Waals surface area contributed by atoms with E-state index in [1.807, 2.05) is 6.07 Å². The van der Waals surface area contributed by atoms with Gasteiger partial charge in [0.2, 0.25) is 0 Å². The molecule has 0 saturated heterocycles. The second kappa shape index (κ2) is 2.90. The largest absolute Gasteiger partial charge is 0.463 e. The molecule has 0 aliphatic heterocycles. The molecule has 0 bridgehead atoms. The quantitative estimate of drug-likeness (QED) is 0.517. The van der Waals surface area contributed by atoms with Crippen LogP contribution in [0.5, 0.6) is 0 Å². The molecule has 1 rings (SSSR count). The number of carbonyl (C=O) groups excluding carboxylic acids is 1. The highest BCUT2D eigenvalue weighted by molar-refractivity contribution is 6.87. The van der Waals surface area contributed by atoms with Gasteiger partial charge in [0.1, 0.15) is 8.07 Å². The number of Topliss-reactive ketones (excluding diaryl/α,β-unsaturated/α-hetero) is 1. The van der Waals surface area contributed by atoms with E-state index in [4.69, 9.17) is 4.42 Å². The predicted molar refractivity (Wildman–Crippen MR) is 51.7 cm³/mol. The summed E-state index contributed by atoms with van der Waals surface area (Å²) in [6, 6.07) is 3.68. The maximum atomic E-state index is 10.9. The second-order valence-corrected chi connectivity index (χ2v) is 8.96. The second-order valence-electron chi connectivity index (χ2n) is 3.97. The Kier molecular flexibility index (Phi) is 2.24. The van der Waals surface area contributed by atoms with Crippen molar-refractivity contribution >= 4 is 19.2 Å². The normalized spacial score (nSPS) is 11.7. The fourth-order valence-electron chi connectivity index (χ4n) is 0.930. The zero-order valence-corrected chi connectivity index (χ0v) is 8.97. The van der Waals surface area contributed by atoms with Crippen LogP contribution in [0, 0.1) is 0 Å². The van der Waals surface area contributed by atoms with Crippen molar-refractivity contribution in [1.82, 2.24) is 0 Å². The molecule has 0 saturated carbocycles. The molecule has 0 amide bonds. The van der Waals surface area contributed by atoms with Gasteiger partial charge in [0.15, 0.2) is 11.5 Å². The van der Waals surface area contributed by atoms with Gasteiger partial charge in [0, 0.05) is 6.92 Å². The van der Waals surface area contributed by atoms with Crippen LogP contribution in [0.3, 0.4) is 0 Å². The Labute approximate surface area is 73.6 Å². The van der Waals surface area contributed by atoms with E-state index in [1.165, 1.54) is 6.92 Å². The van der Waals surface area contributed by atoms with Crippen LogP contribution in [0.2, 0.25) is 19.6 Å². The summed E-state index contributed by atoms with van der Waals surface area (Å²) in [5, 5.41) is 0.993. The molecule has 0 spiro atoms. The molecule has 1 aromatic rings. The highest BCUT2D eigenvalue weighted by atomic mass is 28.3. The Morgan fingerprint density at radius 1 is 1.33 bits per heavy atom. The van der Waals surface area contributed by atoms with Crippen LogP contribution in [-0.4, -0.2) is 13.9 Å². The van der Waals surface area contributed by atoms with Crippen molar-refractivity contribution in [3.05, 3.63) is 17.9 Å². The molecule has 0 aliphatic rings. The predicted octanol–water partition coefficient (Wildman–Crippen LogP) is 2.03. The Bertz CT molecular complexity index is 294. The fourth-order valence-corrected chi connectivity index (χ4v) is 1.93. The van der Waals surface area contributed by atoms with Crippen LogP contribution in [0.4, 0.5) is 0 Å². The molecule has 0 aromatic carbocycles. The van der Waals surface area contributed by atoms with Crippen LogP contribution >= 0.6 is 0 Å². The Balaban J connectivity index is 3.00. The monoisotopic (exact) mass is 182 g/mol. The van der Waals surface area contributed by atoms with Crippen molar-refractivity contribution in [1.29, 1.82) is 0 Å². The van der Waals surface area contributed by atoms with Crippen molar-refractivity contribution in [2.45, 2.75) is 26.6 Å². The van der Waals surface area contributed by atoms with E-state index in [0.29, 0.717) is 5.76 Å². The number of ketones is 1. The number of hydrogen-bond donors (Lipinski definition) is 0. The maximum absolute atomic E-state index is 10.9.